The Hall–Kier alpha value is -3.16. The number of para-hydroxylation sites is 1. The first-order valence-corrected chi connectivity index (χ1v) is 10.9. The number of anilines is 3. The van der Waals surface area contributed by atoms with Gasteiger partial charge in [0.25, 0.3) is 5.56 Å². The minimum atomic E-state index is -0.891. The van der Waals surface area contributed by atoms with Gasteiger partial charge in [0.15, 0.2) is 0 Å². The summed E-state index contributed by atoms with van der Waals surface area (Å²) in [5, 5.41) is 5.60. The molecule has 3 unspecified atom stereocenters. The van der Waals surface area contributed by atoms with Gasteiger partial charge in [0.1, 0.15) is 5.82 Å². The third-order valence-corrected chi connectivity index (χ3v) is 6.08. The monoisotopic (exact) mass is 423 g/mol. The maximum atomic E-state index is 13.1. The second-order valence-electron chi connectivity index (χ2n) is 8.81. The van der Waals surface area contributed by atoms with Crippen LogP contribution in [-0.2, 0) is 16.0 Å². The minimum Gasteiger partial charge on any atom is -0.342 e. The quantitative estimate of drug-likeness (QED) is 0.701. The SMILES string of the molecule is CCc1ccccc1NC(=O)C1CC(=O)Nc2nc(N3CC(C)CC(C)C3)[nH]c(=O)c21. The Kier molecular flexibility index (Phi) is 5.80. The minimum absolute atomic E-state index is 0.0883. The topological polar surface area (TPSA) is 107 Å². The van der Waals surface area contributed by atoms with Crippen LogP contribution in [0, 0.1) is 11.8 Å². The van der Waals surface area contributed by atoms with Crippen LogP contribution >= 0.6 is 0 Å². The third-order valence-electron chi connectivity index (χ3n) is 6.08. The molecular formula is C23H29N5O3. The lowest BCUT2D eigenvalue weighted by Crippen LogP contribution is -2.42. The fraction of sp³-hybridized carbons (Fsp3) is 0.478. The van der Waals surface area contributed by atoms with Crippen LogP contribution in [0.15, 0.2) is 29.1 Å². The molecule has 1 aromatic carbocycles. The lowest BCUT2D eigenvalue weighted by molar-refractivity contribution is -0.123. The lowest BCUT2D eigenvalue weighted by Gasteiger charge is -2.35. The van der Waals surface area contributed by atoms with E-state index in [0.29, 0.717) is 23.5 Å². The number of fused-ring (bicyclic) bond motifs is 1. The highest BCUT2D eigenvalue weighted by molar-refractivity contribution is 6.04. The number of rotatable bonds is 4. The number of nitrogens with one attached hydrogen (secondary N) is 3. The van der Waals surface area contributed by atoms with Gasteiger partial charge >= 0.3 is 0 Å². The van der Waals surface area contributed by atoms with Crippen LogP contribution in [0.25, 0.3) is 0 Å². The molecule has 2 aromatic rings. The van der Waals surface area contributed by atoms with Crippen molar-refractivity contribution in [1.82, 2.24) is 9.97 Å². The summed E-state index contributed by atoms with van der Waals surface area (Å²) in [6, 6.07) is 7.52. The zero-order chi connectivity index (χ0) is 22.1. The normalized spacial score (nSPS) is 23.1. The van der Waals surface area contributed by atoms with Gasteiger partial charge in [-0.2, -0.15) is 4.98 Å². The van der Waals surface area contributed by atoms with Gasteiger partial charge in [0, 0.05) is 25.2 Å². The number of benzene rings is 1. The molecule has 3 atom stereocenters. The number of hydrogen-bond donors (Lipinski definition) is 3. The molecule has 0 spiro atoms. The van der Waals surface area contributed by atoms with E-state index in [2.05, 4.69) is 34.4 Å². The number of carbonyl (C=O) groups excluding carboxylic acids is 2. The summed E-state index contributed by atoms with van der Waals surface area (Å²) < 4.78 is 0. The fourth-order valence-corrected chi connectivity index (χ4v) is 4.74. The first-order chi connectivity index (χ1) is 14.9. The summed E-state index contributed by atoms with van der Waals surface area (Å²) in [6.45, 7) is 7.94. The number of carbonyl (C=O) groups is 2. The van der Waals surface area contributed by atoms with Gasteiger partial charge in [-0.25, -0.2) is 0 Å². The molecule has 0 saturated carbocycles. The van der Waals surface area contributed by atoms with Gasteiger partial charge in [-0.05, 0) is 36.3 Å². The molecule has 2 aliphatic rings. The van der Waals surface area contributed by atoms with Gasteiger partial charge in [-0.1, -0.05) is 39.0 Å². The number of aryl methyl sites for hydroxylation is 1. The second-order valence-corrected chi connectivity index (χ2v) is 8.81. The van der Waals surface area contributed by atoms with Crippen molar-refractivity contribution in [3.8, 4) is 0 Å². The summed E-state index contributed by atoms with van der Waals surface area (Å²) in [5.41, 5.74) is 1.52. The fourth-order valence-electron chi connectivity index (χ4n) is 4.74. The standard InChI is InChI=1S/C23H29N5O3/c1-4-15-7-5-6-8-17(15)24-21(30)16-10-18(29)25-20-19(16)22(31)27-23(26-20)28-11-13(2)9-14(3)12-28/h5-8,13-14,16H,4,9-12H2,1-3H3,(H,24,30)(H2,25,26,27,29,31). The Morgan fingerprint density at radius 1 is 1.19 bits per heavy atom. The molecule has 0 bridgehead atoms. The number of hydrogen-bond acceptors (Lipinski definition) is 5. The second kappa shape index (κ2) is 8.53. The average molecular weight is 424 g/mol. The van der Waals surface area contributed by atoms with Crippen molar-refractivity contribution in [3.63, 3.8) is 0 Å². The highest BCUT2D eigenvalue weighted by Gasteiger charge is 2.35. The van der Waals surface area contributed by atoms with Crippen LogP contribution in [0.1, 0.15) is 50.7 Å². The van der Waals surface area contributed by atoms with Gasteiger partial charge in [0.2, 0.25) is 17.8 Å². The average Bonchev–Trinajstić information content (AvgIpc) is 2.72. The Balaban J connectivity index is 1.65. The summed E-state index contributed by atoms with van der Waals surface area (Å²) in [7, 11) is 0. The number of aromatic amines is 1. The van der Waals surface area contributed by atoms with Crippen molar-refractivity contribution in [2.45, 2.75) is 46.0 Å². The maximum absolute atomic E-state index is 13.1. The van der Waals surface area contributed by atoms with Crippen molar-refractivity contribution in [3.05, 3.63) is 45.7 Å². The Morgan fingerprint density at radius 3 is 2.61 bits per heavy atom. The van der Waals surface area contributed by atoms with E-state index in [4.69, 9.17) is 0 Å². The molecule has 8 nitrogen and oxygen atoms in total. The predicted molar refractivity (Wildman–Crippen MR) is 120 cm³/mol. The molecule has 31 heavy (non-hydrogen) atoms. The molecule has 3 N–H and O–H groups in total. The number of aromatic nitrogens is 2. The molecule has 3 heterocycles. The summed E-state index contributed by atoms with van der Waals surface area (Å²) >= 11 is 0. The maximum Gasteiger partial charge on any atom is 0.258 e. The molecule has 2 aliphatic heterocycles. The van der Waals surface area contributed by atoms with E-state index in [9.17, 15) is 14.4 Å². The van der Waals surface area contributed by atoms with Crippen molar-refractivity contribution >= 4 is 29.3 Å². The Bertz CT molecular complexity index is 1050. The molecular weight excluding hydrogens is 394 g/mol. The number of H-pyrrole nitrogens is 1. The summed E-state index contributed by atoms with van der Waals surface area (Å²) in [5.74, 6) is 0.00889. The third kappa shape index (κ3) is 4.33. The molecule has 0 radical (unpaired) electrons. The largest absolute Gasteiger partial charge is 0.342 e. The molecule has 8 heteroatoms. The van der Waals surface area contributed by atoms with Gasteiger partial charge < -0.3 is 15.5 Å². The Labute approximate surface area is 181 Å². The molecule has 2 amide bonds. The number of nitrogens with zero attached hydrogens (tertiary/aromatic N) is 2. The smallest absolute Gasteiger partial charge is 0.258 e. The zero-order valence-corrected chi connectivity index (χ0v) is 18.2. The van der Waals surface area contributed by atoms with Crippen LogP contribution in [0.2, 0.25) is 0 Å². The first kappa shape index (κ1) is 21.1. The van der Waals surface area contributed by atoms with Gasteiger partial charge in [-0.15, -0.1) is 0 Å². The van der Waals surface area contributed by atoms with E-state index in [1.54, 1.807) is 0 Å². The molecule has 1 saturated heterocycles. The summed E-state index contributed by atoms with van der Waals surface area (Å²) in [6.07, 6.45) is 1.80. The highest BCUT2D eigenvalue weighted by Crippen LogP contribution is 2.32. The van der Waals surface area contributed by atoms with Crippen molar-refractivity contribution in [1.29, 1.82) is 0 Å². The van der Waals surface area contributed by atoms with Gasteiger partial charge in [0.05, 0.1) is 11.5 Å². The van der Waals surface area contributed by atoms with Crippen molar-refractivity contribution in [2.75, 3.05) is 28.6 Å². The molecule has 0 aliphatic carbocycles. The van der Waals surface area contributed by atoms with E-state index in [1.807, 2.05) is 36.1 Å². The predicted octanol–water partition coefficient (Wildman–Crippen LogP) is 2.88. The first-order valence-electron chi connectivity index (χ1n) is 10.9. The van der Waals surface area contributed by atoms with Crippen LogP contribution in [0.3, 0.4) is 0 Å². The molecule has 4 rings (SSSR count). The van der Waals surface area contributed by atoms with E-state index < -0.39 is 5.92 Å². The Morgan fingerprint density at radius 2 is 1.90 bits per heavy atom. The number of piperidine rings is 1. The zero-order valence-electron chi connectivity index (χ0n) is 18.2. The van der Waals surface area contributed by atoms with E-state index >= 15 is 0 Å². The van der Waals surface area contributed by atoms with E-state index in [1.165, 1.54) is 0 Å². The molecule has 164 valence electrons. The molecule has 1 aromatic heterocycles. The lowest BCUT2D eigenvalue weighted by atomic mass is 9.91. The number of amides is 2. The van der Waals surface area contributed by atoms with Gasteiger partial charge in [-0.3, -0.25) is 19.4 Å². The van der Waals surface area contributed by atoms with Crippen LogP contribution in [-0.4, -0.2) is 34.9 Å². The van der Waals surface area contributed by atoms with E-state index in [0.717, 1.165) is 31.5 Å². The van der Waals surface area contributed by atoms with Crippen molar-refractivity contribution < 1.29 is 9.59 Å². The van der Waals surface area contributed by atoms with Crippen LogP contribution in [0.4, 0.5) is 17.5 Å². The van der Waals surface area contributed by atoms with Crippen molar-refractivity contribution in [2.24, 2.45) is 11.8 Å². The van der Waals surface area contributed by atoms with E-state index in [-0.39, 0.29) is 35.2 Å². The van der Waals surface area contributed by atoms with Crippen LogP contribution < -0.4 is 21.1 Å². The summed E-state index contributed by atoms with van der Waals surface area (Å²) in [4.78, 5) is 47.9. The molecule has 1 fully saturated rings. The van der Waals surface area contributed by atoms with Crippen LogP contribution in [0.5, 0.6) is 0 Å². The highest BCUT2D eigenvalue weighted by atomic mass is 16.2.